The van der Waals surface area contributed by atoms with Crippen molar-refractivity contribution in [2.45, 2.75) is 20.0 Å². The summed E-state index contributed by atoms with van der Waals surface area (Å²) in [6.07, 6.45) is 1.86. The van der Waals surface area contributed by atoms with Crippen molar-refractivity contribution in [3.8, 4) is 5.75 Å². The Hall–Kier alpha value is -2.07. The molecule has 0 aliphatic heterocycles. The fraction of sp³-hybridized carbons (Fsp3) is 0.312. The van der Waals surface area contributed by atoms with E-state index in [1.807, 2.05) is 25.3 Å². The van der Waals surface area contributed by atoms with Gasteiger partial charge in [-0.15, -0.1) is 0 Å². The maximum Gasteiger partial charge on any atom is 0.118 e. The van der Waals surface area contributed by atoms with E-state index < -0.39 is 0 Å². The molecule has 4 nitrogen and oxygen atoms in total. The second kappa shape index (κ2) is 6.39. The lowest BCUT2D eigenvalue weighted by Gasteiger charge is -2.22. The molecule has 0 bridgehead atoms. The molecular weight excluding hydrogens is 250 g/mol. The molecule has 0 amide bonds. The van der Waals surface area contributed by atoms with Crippen LogP contribution in [0.3, 0.4) is 0 Å². The van der Waals surface area contributed by atoms with Crippen LogP contribution in [-0.4, -0.2) is 19.1 Å². The molecule has 0 unspecified atom stereocenters. The minimum Gasteiger partial charge on any atom is -0.497 e. The zero-order valence-corrected chi connectivity index (χ0v) is 12.3. The van der Waals surface area contributed by atoms with Gasteiger partial charge in [0, 0.05) is 43.3 Å². The van der Waals surface area contributed by atoms with Gasteiger partial charge in [-0.2, -0.15) is 0 Å². The first-order valence-electron chi connectivity index (χ1n) is 6.63. The Labute approximate surface area is 120 Å². The van der Waals surface area contributed by atoms with E-state index in [2.05, 4.69) is 35.1 Å². The number of pyridine rings is 1. The van der Waals surface area contributed by atoms with Gasteiger partial charge in [0.2, 0.25) is 0 Å². The van der Waals surface area contributed by atoms with Crippen LogP contribution in [0, 0.1) is 6.92 Å². The number of nitrogens with zero attached hydrogens (tertiary/aromatic N) is 2. The molecule has 0 aliphatic carbocycles. The summed E-state index contributed by atoms with van der Waals surface area (Å²) in [5, 5.41) is 0. The molecule has 0 radical (unpaired) electrons. The number of aromatic nitrogens is 1. The van der Waals surface area contributed by atoms with Gasteiger partial charge in [0.05, 0.1) is 7.11 Å². The van der Waals surface area contributed by atoms with Crippen LogP contribution in [0.15, 0.2) is 36.5 Å². The van der Waals surface area contributed by atoms with E-state index in [1.54, 1.807) is 7.11 Å². The summed E-state index contributed by atoms with van der Waals surface area (Å²) >= 11 is 0. The quantitative estimate of drug-likeness (QED) is 0.907. The Kier molecular flexibility index (Phi) is 4.58. The van der Waals surface area contributed by atoms with Crippen molar-refractivity contribution in [1.82, 2.24) is 4.98 Å². The third-order valence-corrected chi connectivity index (χ3v) is 3.31. The summed E-state index contributed by atoms with van der Waals surface area (Å²) in [7, 11) is 3.74. The lowest BCUT2D eigenvalue weighted by atomic mass is 10.1. The van der Waals surface area contributed by atoms with Crippen molar-refractivity contribution in [3.63, 3.8) is 0 Å². The van der Waals surface area contributed by atoms with Crippen molar-refractivity contribution in [2.75, 3.05) is 19.1 Å². The number of hydrogen-bond donors (Lipinski definition) is 1. The van der Waals surface area contributed by atoms with Gasteiger partial charge in [0.1, 0.15) is 5.75 Å². The Morgan fingerprint density at radius 3 is 2.55 bits per heavy atom. The van der Waals surface area contributed by atoms with Gasteiger partial charge in [0.15, 0.2) is 0 Å². The number of ether oxygens (including phenoxy) is 1. The topological polar surface area (TPSA) is 51.4 Å². The Morgan fingerprint density at radius 2 is 1.95 bits per heavy atom. The highest BCUT2D eigenvalue weighted by Crippen LogP contribution is 2.22. The van der Waals surface area contributed by atoms with Gasteiger partial charge in [-0.05, 0) is 30.7 Å². The highest BCUT2D eigenvalue weighted by atomic mass is 16.5. The van der Waals surface area contributed by atoms with Gasteiger partial charge >= 0.3 is 0 Å². The summed E-state index contributed by atoms with van der Waals surface area (Å²) < 4.78 is 5.17. The lowest BCUT2D eigenvalue weighted by molar-refractivity contribution is 0.414. The Bertz CT molecular complexity index is 566. The Morgan fingerprint density at radius 1 is 1.25 bits per heavy atom. The molecule has 0 fully saturated rings. The molecule has 1 aromatic carbocycles. The normalized spacial score (nSPS) is 10.4. The molecule has 1 aromatic heterocycles. The molecule has 4 heteroatoms. The standard InChI is InChI=1S/C16H21N3O/c1-12-8-16(14(9-17)10-18-12)19(2)11-13-4-6-15(20-3)7-5-13/h4-8,10H,9,11,17H2,1-3H3. The maximum absolute atomic E-state index is 5.79. The number of aryl methyl sites for hydroxylation is 1. The van der Waals surface area contributed by atoms with Gasteiger partial charge in [-0.3, -0.25) is 4.98 Å². The first kappa shape index (κ1) is 14.3. The van der Waals surface area contributed by atoms with E-state index in [0.29, 0.717) is 6.54 Å². The minimum absolute atomic E-state index is 0.496. The smallest absolute Gasteiger partial charge is 0.118 e. The summed E-state index contributed by atoms with van der Waals surface area (Å²) in [4.78, 5) is 6.49. The van der Waals surface area contributed by atoms with Gasteiger partial charge in [0.25, 0.3) is 0 Å². The number of rotatable bonds is 5. The van der Waals surface area contributed by atoms with Crippen molar-refractivity contribution in [2.24, 2.45) is 5.73 Å². The average Bonchev–Trinajstić information content (AvgIpc) is 2.48. The second-order valence-corrected chi connectivity index (χ2v) is 4.86. The lowest BCUT2D eigenvalue weighted by Crippen LogP contribution is -2.19. The van der Waals surface area contributed by atoms with Crippen LogP contribution < -0.4 is 15.4 Å². The molecule has 0 saturated carbocycles. The van der Waals surface area contributed by atoms with Gasteiger partial charge in [-0.25, -0.2) is 0 Å². The van der Waals surface area contributed by atoms with Crippen LogP contribution in [0.5, 0.6) is 5.75 Å². The van der Waals surface area contributed by atoms with Crippen LogP contribution in [0.1, 0.15) is 16.8 Å². The summed E-state index contributed by atoms with van der Waals surface area (Å²) in [6, 6.07) is 10.2. The van der Waals surface area contributed by atoms with Crippen LogP contribution in [0.25, 0.3) is 0 Å². The van der Waals surface area contributed by atoms with E-state index in [4.69, 9.17) is 10.5 Å². The van der Waals surface area contributed by atoms with Crippen LogP contribution >= 0.6 is 0 Å². The third kappa shape index (κ3) is 3.27. The second-order valence-electron chi connectivity index (χ2n) is 4.86. The molecule has 0 spiro atoms. The van der Waals surface area contributed by atoms with E-state index in [9.17, 15) is 0 Å². The van der Waals surface area contributed by atoms with Crippen molar-refractivity contribution < 1.29 is 4.74 Å². The van der Waals surface area contributed by atoms with Crippen molar-refractivity contribution in [3.05, 3.63) is 53.3 Å². The number of anilines is 1. The van der Waals surface area contributed by atoms with E-state index in [-0.39, 0.29) is 0 Å². The highest BCUT2D eigenvalue weighted by Gasteiger charge is 2.08. The van der Waals surface area contributed by atoms with E-state index >= 15 is 0 Å². The van der Waals surface area contributed by atoms with Crippen molar-refractivity contribution >= 4 is 5.69 Å². The minimum atomic E-state index is 0.496. The Balaban J connectivity index is 2.18. The van der Waals surface area contributed by atoms with Crippen LogP contribution in [0.2, 0.25) is 0 Å². The molecule has 2 rings (SSSR count). The molecule has 2 aromatic rings. The summed E-state index contributed by atoms with van der Waals surface area (Å²) in [6.45, 7) is 3.31. The van der Waals surface area contributed by atoms with E-state index in [0.717, 1.165) is 29.2 Å². The molecule has 0 atom stereocenters. The first-order valence-corrected chi connectivity index (χ1v) is 6.63. The largest absolute Gasteiger partial charge is 0.497 e. The van der Waals surface area contributed by atoms with Gasteiger partial charge in [-0.1, -0.05) is 12.1 Å². The fourth-order valence-electron chi connectivity index (χ4n) is 2.18. The molecule has 0 saturated heterocycles. The van der Waals surface area contributed by atoms with E-state index in [1.165, 1.54) is 5.56 Å². The highest BCUT2D eigenvalue weighted by molar-refractivity contribution is 5.53. The monoisotopic (exact) mass is 271 g/mol. The number of nitrogens with two attached hydrogens (primary N) is 1. The van der Waals surface area contributed by atoms with Crippen LogP contribution in [0.4, 0.5) is 5.69 Å². The average molecular weight is 271 g/mol. The zero-order valence-electron chi connectivity index (χ0n) is 12.3. The van der Waals surface area contributed by atoms with Crippen molar-refractivity contribution in [1.29, 1.82) is 0 Å². The summed E-state index contributed by atoms with van der Waals surface area (Å²) in [5.41, 5.74) is 10.2. The molecule has 0 aliphatic rings. The van der Waals surface area contributed by atoms with Gasteiger partial charge < -0.3 is 15.4 Å². The molecule has 106 valence electrons. The predicted octanol–water partition coefficient (Wildman–Crippen LogP) is 2.49. The number of benzene rings is 1. The maximum atomic E-state index is 5.79. The third-order valence-electron chi connectivity index (χ3n) is 3.31. The van der Waals surface area contributed by atoms with Crippen LogP contribution in [-0.2, 0) is 13.1 Å². The number of methoxy groups -OCH3 is 1. The SMILES string of the molecule is COc1ccc(CN(C)c2cc(C)ncc2CN)cc1. The fourth-order valence-corrected chi connectivity index (χ4v) is 2.18. The first-order chi connectivity index (χ1) is 9.63. The zero-order chi connectivity index (χ0) is 14.5. The number of hydrogen-bond acceptors (Lipinski definition) is 4. The molecular formula is C16H21N3O. The summed E-state index contributed by atoms with van der Waals surface area (Å²) in [5.74, 6) is 0.874. The molecule has 2 N–H and O–H groups in total. The predicted molar refractivity (Wildman–Crippen MR) is 82.0 cm³/mol. The molecule has 20 heavy (non-hydrogen) atoms. The molecule has 1 heterocycles.